The molecule has 2 bridgehead atoms. The van der Waals surface area contributed by atoms with Gasteiger partial charge in [0, 0.05) is 5.92 Å². The molecule has 0 aromatic heterocycles. The van der Waals surface area contributed by atoms with Gasteiger partial charge in [0.25, 0.3) is 0 Å². The van der Waals surface area contributed by atoms with Gasteiger partial charge in [-0.1, -0.05) is 20.8 Å². The Morgan fingerprint density at radius 2 is 2.00 bits per heavy atom. The predicted molar refractivity (Wildman–Crippen MR) is 71.0 cm³/mol. The van der Waals surface area contributed by atoms with Crippen LogP contribution in [-0.2, 0) is 9.53 Å². The average Bonchev–Trinajstić information content (AvgIpc) is 3.01. The summed E-state index contributed by atoms with van der Waals surface area (Å²) in [7, 11) is 0. The average molecular weight is 250 g/mol. The maximum absolute atomic E-state index is 12.0. The van der Waals surface area contributed by atoms with Crippen LogP contribution in [-0.4, -0.2) is 11.6 Å². The quantitative estimate of drug-likeness (QED) is 0.712. The van der Waals surface area contributed by atoms with Crippen molar-refractivity contribution in [3.63, 3.8) is 0 Å². The summed E-state index contributed by atoms with van der Waals surface area (Å²) in [5.74, 6) is 3.37. The third kappa shape index (κ3) is 1.64. The minimum Gasteiger partial charge on any atom is -0.459 e. The van der Waals surface area contributed by atoms with Crippen LogP contribution < -0.4 is 0 Å². The van der Waals surface area contributed by atoms with Crippen molar-refractivity contribution in [2.75, 3.05) is 0 Å². The van der Waals surface area contributed by atoms with Crippen LogP contribution in [0.15, 0.2) is 0 Å². The van der Waals surface area contributed by atoms with Crippen LogP contribution in [0.5, 0.6) is 0 Å². The van der Waals surface area contributed by atoms with Crippen molar-refractivity contribution in [2.24, 2.45) is 29.6 Å². The fourth-order valence-corrected chi connectivity index (χ4v) is 5.15. The van der Waals surface area contributed by atoms with E-state index in [1.165, 1.54) is 25.7 Å². The molecule has 3 aliphatic rings. The highest BCUT2D eigenvalue weighted by atomic mass is 16.6. The van der Waals surface area contributed by atoms with Crippen molar-refractivity contribution < 1.29 is 9.53 Å². The summed E-state index contributed by atoms with van der Waals surface area (Å²) in [5, 5.41) is 0. The molecule has 5 unspecified atom stereocenters. The first-order valence-electron chi connectivity index (χ1n) is 7.80. The van der Waals surface area contributed by atoms with Crippen molar-refractivity contribution in [1.82, 2.24) is 0 Å². The van der Waals surface area contributed by atoms with E-state index < -0.39 is 0 Å². The van der Waals surface area contributed by atoms with Crippen molar-refractivity contribution >= 4 is 5.97 Å². The second kappa shape index (κ2) is 4.25. The van der Waals surface area contributed by atoms with E-state index in [1.807, 2.05) is 13.8 Å². The largest absolute Gasteiger partial charge is 0.459 e. The first-order valence-corrected chi connectivity index (χ1v) is 7.80. The van der Waals surface area contributed by atoms with Crippen molar-refractivity contribution in [2.45, 2.75) is 64.9 Å². The molecule has 0 N–H and O–H groups in total. The Bertz CT molecular complexity index is 349. The molecular weight excluding hydrogens is 224 g/mol. The van der Waals surface area contributed by atoms with Gasteiger partial charge in [-0.25, -0.2) is 0 Å². The number of esters is 1. The molecule has 0 saturated heterocycles. The molecule has 0 aromatic carbocycles. The lowest BCUT2D eigenvalue weighted by atomic mass is 9.74. The van der Waals surface area contributed by atoms with Gasteiger partial charge >= 0.3 is 5.97 Å². The first-order chi connectivity index (χ1) is 8.57. The van der Waals surface area contributed by atoms with E-state index in [-0.39, 0.29) is 17.5 Å². The van der Waals surface area contributed by atoms with Gasteiger partial charge in [0.2, 0.25) is 0 Å². The van der Waals surface area contributed by atoms with Gasteiger partial charge in [-0.15, -0.1) is 0 Å². The summed E-state index contributed by atoms with van der Waals surface area (Å²) < 4.78 is 6.04. The second-order valence-electron chi connectivity index (χ2n) is 7.06. The third-order valence-electron chi connectivity index (χ3n) is 5.97. The number of fused-ring (bicyclic) bond motifs is 5. The minimum absolute atomic E-state index is 0.00562. The molecule has 3 fully saturated rings. The summed E-state index contributed by atoms with van der Waals surface area (Å²) in [6.45, 7) is 6.10. The monoisotopic (exact) mass is 250 g/mol. The highest BCUT2D eigenvalue weighted by Gasteiger charge is 2.61. The van der Waals surface area contributed by atoms with Crippen LogP contribution >= 0.6 is 0 Å². The molecule has 2 nitrogen and oxygen atoms in total. The third-order valence-corrected chi connectivity index (χ3v) is 5.97. The number of carbonyl (C=O) groups is 1. The molecule has 0 radical (unpaired) electrons. The SMILES string of the molecule is CCC1(OC(=O)C(C)C)CCC2C3CCC(C3)C21. The number of hydrogen-bond donors (Lipinski definition) is 0. The van der Waals surface area contributed by atoms with Gasteiger partial charge in [-0.2, -0.15) is 0 Å². The van der Waals surface area contributed by atoms with E-state index in [4.69, 9.17) is 4.74 Å². The van der Waals surface area contributed by atoms with Gasteiger partial charge < -0.3 is 4.74 Å². The predicted octanol–water partition coefficient (Wildman–Crippen LogP) is 3.79. The zero-order chi connectivity index (χ0) is 12.9. The Labute approximate surface area is 110 Å². The lowest BCUT2D eigenvalue weighted by Crippen LogP contribution is -2.43. The van der Waals surface area contributed by atoms with Crippen LogP contribution in [0.25, 0.3) is 0 Å². The van der Waals surface area contributed by atoms with Crippen molar-refractivity contribution in [1.29, 1.82) is 0 Å². The molecule has 102 valence electrons. The Morgan fingerprint density at radius 3 is 2.67 bits per heavy atom. The molecule has 0 aliphatic heterocycles. The summed E-state index contributed by atoms with van der Waals surface area (Å²) in [6, 6.07) is 0. The Morgan fingerprint density at radius 1 is 1.28 bits per heavy atom. The molecule has 0 spiro atoms. The lowest BCUT2D eigenvalue weighted by molar-refractivity contribution is -0.171. The lowest BCUT2D eigenvalue weighted by Gasteiger charge is -2.39. The molecule has 3 aliphatic carbocycles. The van der Waals surface area contributed by atoms with E-state index in [0.717, 1.165) is 30.6 Å². The molecule has 18 heavy (non-hydrogen) atoms. The van der Waals surface area contributed by atoms with Crippen LogP contribution in [0.1, 0.15) is 59.3 Å². The smallest absolute Gasteiger partial charge is 0.308 e. The van der Waals surface area contributed by atoms with Gasteiger partial charge in [0.05, 0.1) is 5.92 Å². The summed E-state index contributed by atoms with van der Waals surface area (Å²) in [4.78, 5) is 12.0. The van der Waals surface area contributed by atoms with Gasteiger partial charge in [-0.05, 0) is 56.3 Å². The van der Waals surface area contributed by atoms with Gasteiger partial charge in [0.15, 0.2) is 0 Å². The molecule has 5 atom stereocenters. The summed E-state index contributed by atoms with van der Waals surface area (Å²) >= 11 is 0. The fraction of sp³-hybridized carbons (Fsp3) is 0.938. The van der Waals surface area contributed by atoms with Crippen molar-refractivity contribution in [3.8, 4) is 0 Å². The zero-order valence-corrected chi connectivity index (χ0v) is 11.9. The topological polar surface area (TPSA) is 26.3 Å². The molecule has 0 heterocycles. The first kappa shape index (κ1) is 12.5. The number of hydrogen-bond acceptors (Lipinski definition) is 2. The molecule has 0 aromatic rings. The second-order valence-corrected chi connectivity index (χ2v) is 7.06. The Balaban J connectivity index is 1.82. The van der Waals surface area contributed by atoms with Crippen molar-refractivity contribution in [3.05, 3.63) is 0 Å². The summed E-state index contributed by atoms with van der Waals surface area (Å²) in [5.41, 5.74) is -0.105. The molecule has 2 heteroatoms. The highest BCUT2D eigenvalue weighted by molar-refractivity contribution is 5.72. The maximum atomic E-state index is 12.0. The van der Waals surface area contributed by atoms with Crippen LogP contribution in [0.4, 0.5) is 0 Å². The minimum atomic E-state index is -0.105. The number of carbonyl (C=O) groups excluding carboxylic acids is 1. The van der Waals surface area contributed by atoms with Gasteiger partial charge in [0.1, 0.15) is 5.60 Å². The standard InChI is InChI=1S/C16H26O2/c1-4-16(18-15(17)10(2)3)8-7-13-11-5-6-12(9-11)14(13)16/h10-14H,4-9H2,1-3H3. The number of ether oxygens (including phenoxy) is 1. The maximum Gasteiger partial charge on any atom is 0.308 e. The highest BCUT2D eigenvalue weighted by Crippen LogP contribution is 2.63. The normalized spacial score (nSPS) is 45.6. The molecule has 0 amide bonds. The van der Waals surface area contributed by atoms with E-state index >= 15 is 0 Å². The Hall–Kier alpha value is -0.530. The van der Waals surface area contributed by atoms with Crippen LogP contribution in [0, 0.1) is 29.6 Å². The zero-order valence-electron chi connectivity index (χ0n) is 11.9. The van der Waals surface area contributed by atoms with E-state index in [1.54, 1.807) is 0 Å². The van der Waals surface area contributed by atoms with Crippen LogP contribution in [0.3, 0.4) is 0 Å². The van der Waals surface area contributed by atoms with E-state index in [9.17, 15) is 4.79 Å². The van der Waals surface area contributed by atoms with E-state index in [0.29, 0.717) is 5.92 Å². The Kier molecular flexibility index (Phi) is 2.95. The number of rotatable bonds is 3. The molecular formula is C16H26O2. The van der Waals surface area contributed by atoms with E-state index in [2.05, 4.69) is 6.92 Å². The summed E-state index contributed by atoms with van der Waals surface area (Å²) in [6.07, 6.45) is 7.65. The molecule has 3 saturated carbocycles. The van der Waals surface area contributed by atoms with Crippen LogP contribution in [0.2, 0.25) is 0 Å². The fourth-order valence-electron chi connectivity index (χ4n) is 5.15. The molecule has 3 rings (SSSR count). The van der Waals surface area contributed by atoms with Gasteiger partial charge in [-0.3, -0.25) is 4.79 Å².